The predicted molar refractivity (Wildman–Crippen MR) is 85.6 cm³/mol. The molecule has 25 heavy (non-hydrogen) atoms. The van der Waals surface area contributed by atoms with Gasteiger partial charge in [-0.05, 0) is 30.9 Å². The Labute approximate surface area is 143 Å². The van der Waals surface area contributed by atoms with Gasteiger partial charge in [0.2, 0.25) is 5.91 Å². The third-order valence-electron chi connectivity index (χ3n) is 4.95. The summed E-state index contributed by atoms with van der Waals surface area (Å²) in [4.78, 5) is 37.9. The van der Waals surface area contributed by atoms with Gasteiger partial charge in [-0.15, -0.1) is 0 Å². The van der Waals surface area contributed by atoms with E-state index >= 15 is 0 Å². The summed E-state index contributed by atoms with van der Waals surface area (Å²) in [5.74, 6) is -2.79. The van der Waals surface area contributed by atoms with Crippen LogP contribution in [0.3, 0.4) is 0 Å². The maximum absolute atomic E-state index is 13.2. The minimum atomic E-state index is -0.944. The van der Waals surface area contributed by atoms with Crippen molar-refractivity contribution < 1.29 is 23.2 Å². The van der Waals surface area contributed by atoms with Crippen LogP contribution in [0.4, 0.5) is 19.3 Å². The number of benzene rings is 1. The van der Waals surface area contributed by atoms with Crippen LogP contribution >= 0.6 is 0 Å². The molecule has 3 rings (SSSR count). The quantitative estimate of drug-likeness (QED) is 0.821. The summed E-state index contributed by atoms with van der Waals surface area (Å²) in [6.45, 7) is 1.41. The summed E-state index contributed by atoms with van der Waals surface area (Å²) in [7, 11) is 0. The summed E-state index contributed by atoms with van der Waals surface area (Å²) in [5.41, 5.74) is -1.02. The third kappa shape index (κ3) is 3.20. The number of carbonyl (C=O) groups is 3. The highest BCUT2D eigenvalue weighted by Gasteiger charge is 2.55. The highest BCUT2D eigenvalue weighted by atomic mass is 19.1. The van der Waals surface area contributed by atoms with E-state index in [4.69, 9.17) is 0 Å². The molecule has 4 amide bonds. The van der Waals surface area contributed by atoms with Crippen molar-refractivity contribution in [3.63, 3.8) is 0 Å². The zero-order valence-electron chi connectivity index (χ0n) is 13.8. The number of urea groups is 1. The van der Waals surface area contributed by atoms with Crippen LogP contribution in [0.2, 0.25) is 0 Å². The van der Waals surface area contributed by atoms with Gasteiger partial charge in [0, 0.05) is 11.8 Å². The number of hydrogen-bond donors (Lipinski definition) is 2. The van der Waals surface area contributed by atoms with Gasteiger partial charge >= 0.3 is 6.03 Å². The van der Waals surface area contributed by atoms with Crippen molar-refractivity contribution in [3.05, 3.63) is 29.8 Å². The van der Waals surface area contributed by atoms with Crippen molar-refractivity contribution in [2.45, 2.75) is 38.1 Å². The molecule has 1 heterocycles. The smallest absolute Gasteiger partial charge is 0.324 e. The van der Waals surface area contributed by atoms with E-state index in [0.717, 1.165) is 36.3 Å². The fourth-order valence-corrected chi connectivity index (χ4v) is 3.61. The Morgan fingerprint density at radius 1 is 1.28 bits per heavy atom. The second-order valence-electron chi connectivity index (χ2n) is 6.65. The lowest BCUT2D eigenvalue weighted by molar-refractivity contribution is -0.136. The number of nitrogens with zero attached hydrogens (tertiary/aromatic N) is 1. The molecule has 2 atom stereocenters. The maximum atomic E-state index is 13.2. The third-order valence-corrected chi connectivity index (χ3v) is 4.95. The summed E-state index contributed by atoms with van der Waals surface area (Å²) in [5, 5.41) is 5.05. The van der Waals surface area contributed by atoms with Crippen molar-refractivity contribution in [1.29, 1.82) is 0 Å². The molecule has 1 aromatic rings. The molecule has 2 fully saturated rings. The van der Waals surface area contributed by atoms with Gasteiger partial charge < -0.3 is 10.6 Å². The van der Waals surface area contributed by atoms with E-state index in [-0.39, 0.29) is 11.6 Å². The van der Waals surface area contributed by atoms with Crippen LogP contribution in [0.15, 0.2) is 18.2 Å². The van der Waals surface area contributed by atoms with E-state index < -0.39 is 41.6 Å². The minimum absolute atomic E-state index is 0.0110. The summed E-state index contributed by atoms with van der Waals surface area (Å²) in [6, 6.07) is 1.98. The molecule has 2 aliphatic rings. The standard InChI is InChI=1S/C17H19F2N3O3/c1-10-4-2-3-5-17(10)15(24)22(16(25)21-17)9-14(23)20-13-7-11(18)6-12(19)8-13/h6-8,10H,2-5,9H2,1H3,(H,20,23)(H,21,25). The van der Waals surface area contributed by atoms with Gasteiger partial charge in [-0.1, -0.05) is 19.8 Å². The molecule has 0 aromatic heterocycles. The second kappa shape index (κ2) is 6.42. The number of rotatable bonds is 3. The molecule has 0 bridgehead atoms. The van der Waals surface area contributed by atoms with Crippen LogP contribution in [-0.2, 0) is 9.59 Å². The van der Waals surface area contributed by atoms with E-state index in [1.165, 1.54) is 0 Å². The van der Waals surface area contributed by atoms with Crippen LogP contribution < -0.4 is 10.6 Å². The molecule has 6 nitrogen and oxygen atoms in total. The van der Waals surface area contributed by atoms with Crippen molar-refractivity contribution in [3.8, 4) is 0 Å². The van der Waals surface area contributed by atoms with E-state index in [1.54, 1.807) is 0 Å². The van der Waals surface area contributed by atoms with Crippen molar-refractivity contribution >= 4 is 23.5 Å². The molecule has 2 N–H and O–H groups in total. The first-order valence-electron chi connectivity index (χ1n) is 8.22. The van der Waals surface area contributed by atoms with Crippen molar-refractivity contribution in [2.75, 3.05) is 11.9 Å². The zero-order chi connectivity index (χ0) is 18.2. The number of halogens is 2. The number of anilines is 1. The topological polar surface area (TPSA) is 78.5 Å². The monoisotopic (exact) mass is 351 g/mol. The summed E-state index contributed by atoms with van der Waals surface area (Å²) < 4.78 is 26.3. The molecule has 8 heteroatoms. The van der Waals surface area contributed by atoms with Crippen LogP contribution in [0.25, 0.3) is 0 Å². The van der Waals surface area contributed by atoms with Crippen molar-refractivity contribution in [1.82, 2.24) is 10.2 Å². The van der Waals surface area contributed by atoms with Gasteiger partial charge in [-0.3, -0.25) is 14.5 Å². The van der Waals surface area contributed by atoms with Gasteiger partial charge in [0.1, 0.15) is 23.7 Å². The molecule has 1 saturated heterocycles. The zero-order valence-corrected chi connectivity index (χ0v) is 13.8. The molecule has 0 radical (unpaired) electrons. The first-order chi connectivity index (χ1) is 11.8. The highest BCUT2D eigenvalue weighted by molar-refractivity contribution is 6.10. The second-order valence-corrected chi connectivity index (χ2v) is 6.65. The molecule has 1 aliphatic heterocycles. The van der Waals surface area contributed by atoms with E-state index in [0.29, 0.717) is 12.5 Å². The Morgan fingerprint density at radius 2 is 1.96 bits per heavy atom. The highest BCUT2D eigenvalue weighted by Crippen LogP contribution is 2.38. The Morgan fingerprint density at radius 3 is 2.60 bits per heavy atom. The van der Waals surface area contributed by atoms with Crippen LogP contribution in [0, 0.1) is 17.6 Å². The SMILES string of the molecule is CC1CCCCC12NC(=O)N(CC(=O)Nc1cc(F)cc(F)c1)C2=O. The summed E-state index contributed by atoms with van der Waals surface area (Å²) >= 11 is 0. The normalized spacial score (nSPS) is 26.0. The van der Waals surface area contributed by atoms with E-state index in [1.807, 2.05) is 6.92 Å². The molecule has 1 aliphatic carbocycles. The molecule has 1 spiro atoms. The van der Waals surface area contributed by atoms with Crippen LogP contribution in [0.5, 0.6) is 0 Å². The van der Waals surface area contributed by atoms with E-state index in [2.05, 4.69) is 10.6 Å². The lowest BCUT2D eigenvalue weighted by Gasteiger charge is -2.36. The number of amides is 4. The number of hydrogen-bond acceptors (Lipinski definition) is 3. The lowest BCUT2D eigenvalue weighted by atomic mass is 9.73. The fraction of sp³-hybridized carbons (Fsp3) is 0.471. The van der Waals surface area contributed by atoms with E-state index in [9.17, 15) is 23.2 Å². The first kappa shape index (κ1) is 17.3. The molecule has 134 valence electrons. The van der Waals surface area contributed by atoms with Gasteiger partial charge in [-0.25, -0.2) is 13.6 Å². The van der Waals surface area contributed by atoms with Gasteiger partial charge in [0.25, 0.3) is 5.91 Å². The minimum Gasteiger partial charge on any atom is -0.324 e. The molecular weight excluding hydrogens is 332 g/mol. The predicted octanol–water partition coefficient (Wildman–Crippen LogP) is 2.40. The number of imide groups is 1. The van der Waals surface area contributed by atoms with Crippen LogP contribution in [0.1, 0.15) is 32.6 Å². The van der Waals surface area contributed by atoms with Gasteiger partial charge in [0.15, 0.2) is 0 Å². The fourth-order valence-electron chi connectivity index (χ4n) is 3.61. The maximum Gasteiger partial charge on any atom is 0.325 e. The van der Waals surface area contributed by atoms with Gasteiger partial charge in [0.05, 0.1) is 0 Å². The van der Waals surface area contributed by atoms with Crippen molar-refractivity contribution in [2.24, 2.45) is 5.92 Å². The Kier molecular flexibility index (Phi) is 4.45. The van der Waals surface area contributed by atoms with Crippen LogP contribution in [-0.4, -0.2) is 34.8 Å². The Hall–Kier alpha value is -2.51. The lowest BCUT2D eigenvalue weighted by Crippen LogP contribution is -2.54. The number of carbonyl (C=O) groups excluding carboxylic acids is 3. The average Bonchev–Trinajstić information content (AvgIpc) is 2.74. The molecular formula is C17H19F2N3O3. The Balaban J connectivity index is 1.71. The molecule has 2 unspecified atom stereocenters. The Bertz CT molecular complexity index is 720. The average molecular weight is 351 g/mol. The molecule has 1 aromatic carbocycles. The largest absolute Gasteiger partial charge is 0.325 e. The van der Waals surface area contributed by atoms with Gasteiger partial charge in [-0.2, -0.15) is 0 Å². The summed E-state index contributed by atoms with van der Waals surface area (Å²) in [6.07, 6.45) is 3.21. The molecule has 1 saturated carbocycles. The first-order valence-corrected chi connectivity index (χ1v) is 8.22. The number of nitrogens with one attached hydrogen (secondary N) is 2.